The third-order valence-corrected chi connectivity index (χ3v) is 5.74. The van der Waals surface area contributed by atoms with Crippen LogP contribution >= 0.6 is 11.6 Å². The summed E-state index contributed by atoms with van der Waals surface area (Å²) in [5.74, 6) is -0.209. The summed E-state index contributed by atoms with van der Waals surface area (Å²) < 4.78 is 0. The van der Waals surface area contributed by atoms with Crippen molar-refractivity contribution in [1.29, 1.82) is 0 Å². The maximum Gasteiger partial charge on any atom is 0.241 e. The lowest BCUT2D eigenvalue weighted by Gasteiger charge is -2.35. The van der Waals surface area contributed by atoms with Crippen LogP contribution in [0.1, 0.15) is 24.8 Å². The average Bonchev–Trinajstić information content (AvgIpc) is 2.93. The van der Waals surface area contributed by atoms with E-state index in [0.717, 1.165) is 18.4 Å². The van der Waals surface area contributed by atoms with Crippen LogP contribution < -0.4 is 0 Å². The van der Waals surface area contributed by atoms with E-state index < -0.39 is 0 Å². The standard InChI is InChI=1S/C20H26ClN3O3/c1-22(2)19(26)13-24-17-9-6-15(20(24)27)11-23(12-17)18(25)10-5-14-3-7-16(21)8-4-14/h3-4,7-8,15,17H,5-6,9-13H2,1-2H3/t15-,17+/m0/s1. The number of aryl methyl sites for hydroxylation is 1. The first-order chi connectivity index (χ1) is 12.8. The first-order valence-electron chi connectivity index (χ1n) is 9.38. The van der Waals surface area contributed by atoms with Gasteiger partial charge in [-0.2, -0.15) is 0 Å². The lowest BCUT2D eigenvalue weighted by atomic mass is 9.94. The molecule has 0 aliphatic carbocycles. The van der Waals surface area contributed by atoms with Crippen LogP contribution in [0.3, 0.4) is 0 Å². The van der Waals surface area contributed by atoms with Crippen LogP contribution in [0, 0.1) is 5.92 Å². The topological polar surface area (TPSA) is 60.9 Å². The molecule has 27 heavy (non-hydrogen) atoms. The zero-order chi connectivity index (χ0) is 19.6. The van der Waals surface area contributed by atoms with E-state index in [1.807, 2.05) is 29.2 Å². The minimum atomic E-state index is -0.196. The smallest absolute Gasteiger partial charge is 0.241 e. The van der Waals surface area contributed by atoms with Gasteiger partial charge in [0.15, 0.2) is 0 Å². The van der Waals surface area contributed by atoms with Crippen LogP contribution in [0.25, 0.3) is 0 Å². The van der Waals surface area contributed by atoms with E-state index in [1.54, 1.807) is 19.0 Å². The van der Waals surface area contributed by atoms with Gasteiger partial charge in [0.1, 0.15) is 6.54 Å². The molecule has 4 rings (SSSR count). The van der Waals surface area contributed by atoms with E-state index in [9.17, 15) is 14.4 Å². The fraction of sp³-hybridized carbons (Fsp3) is 0.550. The molecule has 0 saturated carbocycles. The molecule has 3 fully saturated rings. The Morgan fingerprint density at radius 1 is 1.15 bits per heavy atom. The van der Waals surface area contributed by atoms with Crippen molar-refractivity contribution in [2.75, 3.05) is 33.7 Å². The van der Waals surface area contributed by atoms with Crippen molar-refractivity contribution >= 4 is 29.3 Å². The van der Waals surface area contributed by atoms with Gasteiger partial charge in [-0.15, -0.1) is 0 Å². The molecule has 2 bridgehead atoms. The molecule has 7 heteroatoms. The van der Waals surface area contributed by atoms with E-state index in [0.29, 0.717) is 31.0 Å². The Hall–Kier alpha value is -2.08. The monoisotopic (exact) mass is 391 g/mol. The Balaban J connectivity index is 1.63. The zero-order valence-corrected chi connectivity index (χ0v) is 16.6. The molecular formula is C20H26ClN3O3. The molecular weight excluding hydrogens is 366 g/mol. The number of rotatable bonds is 5. The number of carbonyl (C=O) groups excluding carboxylic acids is 3. The summed E-state index contributed by atoms with van der Waals surface area (Å²) in [6, 6.07) is 7.44. The molecule has 3 amide bonds. The van der Waals surface area contributed by atoms with Crippen LogP contribution in [0.15, 0.2) is 24.3 Å². The molecule has 0 N–H and O–H groups in total. The van der Waals surface area contributed by atoms with Crippen molar-refractivity contribution < 1.29 is 14.4 Å². The summed E-state index contributed by atoms with van der Waals surface area (Å²) in [4.78, 5) is 42.6. The van der Waals surface area contributed by atoms with Gasteiger partial charge in [0, 0.05) is 44.7 Å². The number of carbonyl (C=O) groups is 3. The summed E-state index contributed by atoms with van der Waals surface area (Å²) in [5.41, 5.74) is 1.07. The Labute approximate surface area is 165 Å². The minimum Gasteiger partial charge on any atom is -0.347 e. The van der Waals surface area contributed by atoms with Crippen LogP contribution in [0.2, 0.25) is 5.02 Å². The summed E-state index contributed by atoms with van der Waals surface area (Å²) in [6.45, 7) is 1.07. The lowest BCUT2D eigenvalue weighted by Crippen LogP contribution is -2.51. The molecule has 2 atom stereocenters. The second kappa shape index (κ2) is 8.30. The van der Waals surface area contributed by atoms with Gasteiger partial charge in [0.25, 0.3) is 0 Å². The highest BCUT2D eigenvalue weighted by Gasteiger charge is 2.42. The average molecular weight is 392 g/mol. The first-order valence-corrected chi connectivity index (χ1v) is 9.76. The fourth-order valence-electron chi connectivity index (χ4n) is 3.80. The first kappa shape index (κ1) is 19.7. The van der Waals surface area contributed by atoms with E-state index >= 15 is 0 Å². The highest BCUT2D eigenvalue weighted by Crippen LogP contribution is 2.29. The molecule has 0 spiro atoms. The third-order valence-electron chi connectivity index (χ3n) is 5.49. The second-order valence-electron chi connectivity index (χ2n) is 7.61. The van der Waals surface area contributed by atoms with Crippen molar-refractivity contribution in [3.63, 3.8) is 0 Å². The Bertz CT molecular complexity index is 720. The van der Waals surface area contributed by atoms with E-state index in [4.69, 9.17) is 11.6 Å². The number of likely N-dealkylation sites (N-methyl/N-ethyl adjacent to an activating group) is 1. The van der Waals surface area contributed by atoms with Crippen LogP contribution in [-0.2, 0) is 20.8 Å². The molecule has 0 unspecified atom stereocenters. The number of halogens is 1. The van der Waals surface area contributed by atoms with Crippen LogP contribution in [0.4, 0.5) is 0 Å². The SMILES string of the molecule is CN(C)C(=O)CN1C(=O)[C@H]2CC[C@@H]1CN(C(=O)CCc1ccc(Cl)cc1)C2. The van der Waals surface area contributed by atoms with Gasteiger partial charge < -0.3 is 14.7 Å². The normalized spacial score (nSPS) is 22.0. The number of hydrogen-bond donors (Lipinski definition) is 0. The fourth-order valence-corrected chi connectivity index (χ4v) is 3.93. The van der Waals surface area contributed by atoms with Gasteiger partial charge in [-0.1, -0.05) is 23.7 Å². The maximum absolute atomic E-state index is 12.7. The van der Waals surface area contributed by atoms with Gasteiger partial charge in [-0.3, -0.25) is 14.4 Å². The largest absolute Gasteiger partial charge is 0.347 e. The van der Waals surface area contributed by atoms with Crippen molar-refractivity contribution in [3.05, 3.63) is 34.9 Å². The van der Waals surface area contributed by atoms with Crippen molar-refractivity contribution in [3.8, 4) is 0 Å². The highest BCUT2D eigenvalue weighted by molar-refractivity contribution is 6.30. The molecule has 1 aromatic rings. The number of fused-ring (bicyclic) bond motifs is 4. The molecule has 1 aromatic carbocycles. The highest BCUT2D eigenvalue weighted by atomic mass is 35.5. The number of nitrogens with zero attached hydrogens (tertiary/aromatic N) is 3. The van der Waals surface area contributed by atoms with Gasteiger partial charge in [-0.25, -0.2) is 0 Å². The number of benzene rings is 1. The van der Waals surface area contributed by atoms with Gasteiger partial charge >= 0.3 is 0 Å². The van der Waals surface area contributed by atoms with Gasteiger partial charge in [0.05, 0.1) is 5.92 Å². The molecule has 3 saturated heterocycles. The van der Waals surface area contributed by atoms with Gasteiger partial charge in [-0.05, 0) is 37.0 Å². The Morgan fingerprint density at radius 3 is 2.52 bits per heavy atom. The van der Waals surface area contributed by atoms with E-state index in [1.165, 1.54) is 4.90 Å². The Morgan fingerprint density at radius 2 is 1.85 bits per heavy atom. The van der Waals surface area contributed by atoms with Crippen molar-refractivity contribution in [1.82, 2.24) is 14.7 Å². The summed E-state index contributed by atoms with van der Waals surface area (Å²) in [7, 11) is 3.38. The number of piperidine rings is 1. The summed E-state index contributed by atoms with van der Waals surface area (Å²) >= 11 is 5.90. The molecule has 0 radical (unpaired) electrons. The quantitative estimate of drug-likeness (QED) is 0.769. The summed E-state index contributed by atoms with van der Waals surface area (Å²) in [6.07, 6.45) is 2.69. The molecule has 3 aliphatic heterocycles. The van der Waals surface area contributed by atoms with Crippen LogP contribution in [0.5, 0.6) is 0 Å². The molecule has 3 heterocycles. The maximum atomic E-state index is 12.7. The Kier molecular flexibility index (Phi) is 6.05. The summed E-state index contributed by atoms with van der Waals surface area (Å²) in [5, 5.41) is 0.681. The van der Waals surface area contributed by atoms with Crippen molar-refractivity contribution in [2.45, 2.75) is 31.7 Å². The van der Waals surface area contributed by atoms with Crippen molar-refractivity contribution in [2.24, 2.45) is 5.92 Å². The molecule has 146 valence electrons. The number of hydrogen-bond acceptors (Lipinski definition) is 3. The van der Waals surface area contributed by atoms with Crippen LogP contribution in [-0.4, -0.2) is 72.2 Å². The lowest BCUT2D eigenvalue weighted by molar-refractivity contribution is -0.145. The predicted molar refractivity (Wildman–Crippen MR) is 103 cm³/mol. The molecule has 6 nitrogen and oxygen atoms in total. The van der Waals surface area contributed by atoms with E-state index in [-0.39, 0.29) is 36.2 Å². The van der Waals surface area contributed by atoms with Gasteiger partial charge in [0.2, 0.25) is 17.7 Å². The predicted octanol–water partition coefficient (Wildman–Crippen LogP) is 1.81. The molecule has 3 aliphatic rings. The zero-order valence-electron chi connectivity index (χ0n) is 15.9. The number of amides is 3. The van der Waals surface area contributed by atoms with E-state index in [2.05, 4.69) is 0 Å². The molecule has 0 aromatic heterocycles. The minimum absolute atomic E-state index is 0.00875. The second-order valence-corrected chi connectivity index (χ2v) is 8.04. The third kappa shape index (κ3) is 4.61.